The zero-order chi connectivity index (χ0) is 59.7. The quantitative estimate of drug-likeness (QED) is 0.120. The van der Waals surface area contributed by atoms with Gasteiger partial charge in [0.2, 0.25) is 0 Å². The van der Waals surface area contributed by atoms with E-state index < -0.39 is 0 Å². The van der Waals surface area contributed by atoms with Crippen LogP contribution in [0.2, 0.25) is 0 Å². The first-order chi connectivity index (χ1) is 43.8. The zero-order valence-electron chi connectivity index (χ0n) is 50.3. The minimum atomic E-state index is 1.09. The number of nitrogens with zero attached hydrogens (tertiary/aromatic N) is 3. The van der Waals surface area contributed by atoms with Gasteiger partial charge in [-0.3, -0.25) is 0 Å². The Bertz CT molecular complexity index is 5380. The predicted octanol–water partition coefficient (Wildman–Crippen LogP) is 24.2. The summed E-state index contributed by atoms with van der Waals surface area (Å²) < 4.78 is 2.38. The Balaban J connectivity index is 0.763. The van der Waals surface area contributed by atoms with Crippen molar-refractivity contribution in [2.24, 2.45) is 0 Å². The number of aryl methyl sites for hydroxylation is 4. The van der Waals surface area contributed by atoms with E-state index in [1.165, 1.54) is 137 Å². The number of anilines is 6. The largest absolute Gasteiger partial charge is 0.310 e. The topological polar surface area (TPSA) is 11.4 Å². The molecule has 0 atom stereocenters. The van der Waals surface area contributed by atoms with Gasteiger partial charge in [-0.2, -0.15) is 0 Å². The molecule has 1 heterocycles. The fraction of sp³-hybridized carbons (Fsp3) is 0.0465. The molecule has 0 aliphatic heterocycles. The second kappa shape index (κ2) is 21.9. The molecular weight excluding hydrogens is 1070 g/mol. The first-order valence-corrected chi connectivity index (χ1v) is 30.9. The number of hydrogen-bond donors (Lipinski definition) is 0. The minimum absolute atomic E-state index is 1.09. The van der Waals surface area contributed by atoms with Crippen molar-refractivity contribution in [2.75, 3.05) is 9.80 Å². The highest BCUT2D eigenvalue weighted by Crippen LogP contribution is 2.45. The van der Waals surface area contributed by atoms with Crippen molar-refractivity contribution in [3.05, 3.63) is 332 Å². The summed E-state index contributed by atoms with van der Waals surface area (Å²) in [5.74, 6) is 0. The van der Waals surface area contributed by atoms with Crippen molar-refractivity contribution < 1.29 is 0 Å². The molecule has 0 saturated heterocycles. The molecule has 1 aromatic heterocycles. The number of fused-ring (bicyclic) bond motifs is 10. The van der Waals surface area contributed by atoms with Gasteiger partial charge in [0.05, 0.1) is 16.7 Å². The first kappa shape index (κ1) is 53.2. The van der Waals surface area contributed by atoms with Crippen LogP contribution in [0.25, 0.3) is 115 Å². The van der Waals surface area contributed by atoms with E-state index in [0.717, 1.165) is 34.1 Å². The fourth-order valence-electron chi connectivity index (χ4n) is 14.2. The highest BCUT2D eigenvalue weighted by Gasteiger charge is 2.21. The lowest BCUT2D eigenvalue weighted by atomic mass is 9.92. The third kappa shape index (κ3) is 9.30. The van der Waals surface area contributed by atoms with Gasteiger partial charge in [-0.15, -0.1) is 0 Å². The average molecular weight is 1140 g/mol. The number of aromatic nitrogens is 1. The predicted molar refractivity (Wildman–Crippen MR) is 381 cm³/mol. The molecule has 16 rings (SSSR count). The molecule has 16 aromatic rings. The van der Waals surface area contributed by atoms with E-state index in [4.69, 9.17) is 0 Å². The van der Waals surface area contributed by atoms with Crippen LogP contribution in [0.3, 0.4) is 0 Å². The molecule has 0 fully saturated rings. The molecule has 15 aromatic carbocycles. The summed E-state index contributed by atoms with van der Waals surface area (Å²) in [6, 6.07) is 114. The van der Waals surface area contributed by atoms with Gasteiger partial charge < -0.3 is 14.4 Å². The summed E-state index contributed by atoms with van der Waals surface area (Å²) in [6.45, 7) is 9.02. The van der Waals surface area contributed by atoms with E-state index in [1.807, 2.05) is 0 Å². The molecule has 422 valence electrons. The highest BCUT2D eigenvalue weighted by atomic mass is 15.1. The number of benzene rings is 15. The number of rotatable bonds is 11. The highest BCUT2D eigenvalue weighted by molar-refractivity contribution is 6.26. The zero-order valence-corrected chi connectivity index (χ0v) is 50.3. The van der Waals surface area contributed by atoms with Crippen LogP contribution in [0.5, 0.6) is 0 Å². The SMILES string of the molecule is Cc1cc(-c2ccc3c(c2)c2ccccc2n3-c2ccccc2)ccc1-c1ccc(N(c2ccc(-c3ccc4c5ccccc5c5ccccc5c4c3)cc2)c2ccc(-c3ccc(N(c4ccccc4)c4cccc5ccccc45)cc3C)c(C)c2)cc1C. The van der Waals surface area contributed by atoms with E-state index in [1.54, 1.807) is 0 Å². The van der Waals surface area contributed by atoms with Crippen molar-refractivity contribution in [1.82, 2.24) is 4.57 Å². The van der Waals surface area contributed by atoms with Crippen LogP contribution in [-0.4, -0.2) is 4.57 Å². The number of para-hydroxylation sites is 3. The molecular formula is C86H63N3. The Hall–Kier alpha value is -11.3. The van der Waals surface area contributed by atoms with E-state index in [2.05, 4.69) is 351 Å². The van der Waals surface area contributed by atoms with Crippen molar-refractivity contribution in [1.29, 1.82) is 0 Å². The van der Waals surface area contributed by atoms with Crippen molar-refractivity contribution in [3.8, 4) is 50.2 Å². The molecule has 0 N–H and O–H groups in total. The van der Waals surface area contributed by atoms with Crippen LogP contribution < -0.4 is 9.80 Å². The van der Waals surface area contributed by atoms with Crippen LogP contribution in [0, 0.1) is 27.7 Å². The van der Waals surface area contributed by atoms with Crippen LogP contribution in [-0.2, 0) is 0 Å². The Morgan fingerprint density at radius 1 is 0.225 bits per heavy atom. The van der Waals surface area contributed by atoms with E-state index >= 15 is 0 Å². The van der Waals surface area contributed by atoms with E-state index in [-0.39, 0.29) is 0 Å². The van der Waals surface area contributed by atoms with Crippen molar-refractivity contribution in [2.45, 2.75) is 27.7 Å². The lowest BCUT2D eigenvalue weighted by Crippen LogP contribution is -2.11. The molecule has 0 aliphatic rings. The van der Waals surface area contributed by atoms with E-state index in [0.29, 0.717) is 0 Å². The molecule has 3 nitrogen and oxygen atoms in total. The molecule has 0 unspecified atom stereocenters. The maximum absolute atomic E-state index is 2.43. The molecule has 0 saturated carbocycles. The van der Waals surface area contributed by atoms with Gasteiger partial charge in [0.15, 0.2) is 0 Å². The Morgan fingerprint density at radius 3 is 1.22 bits per heavy atom. The molecule has 89 heavy (non-hydrogen) atoms. The van der Waals surface area contributed by atoms with Gasteiger partial charge >= 0.3 is 0 Å². The van der Waals surface area contributed by atoms with Gasteiger partial charge in [0, 0.05) is 50.3 Å². The molecule has 3 heteroatoms. The Labute approximate surface area is 519 Å². The maximum Gasteiger partial charge on any atom is 0.0541 e. The van der Waals surface area contributed by atoms with Gasteiger partial charge in [-0.05, 0) is 235 Å². The third-order valence-corrected chi connectivity index (χ3v) is 18.5. The van der Waals surface area contributed by atoms with Crippen LogP contribution in [0.15, 0.2) is 309 Å². The Kier molecular flexibility index (Phi) is 13.1. The second-order valence-electron chi connectivity index (χ2n) is 23.9. The van der Waals surface area contributed by atoms with Crippen LogP contribution in [0.4, 0.5) is 34.1 Å². The van der Waals surface area contributed by atoms with Gasteiger partial charge in [-0.1, -0.05) is 206 Å². The van der Waals surface area contributed by atoms with Crippen molar-refractivity contribution in [3.63, 3.8) is 0 Å². The molecule has 0 bridgehead atoms. The lowest BCUT2D eigenvalue weighted by molar-refractivity contribution is 1.18. The summed E-state index contributed by atoms with van der Waals surface area (Å²) in [5, 5.41) is 12.6. The third-order valence-electron chi connectivity index (χ3n) is 18.5. The summed E-state index contributed by atoms with van der Waals surface area (Å²) in [7, 11) is 0. The summed E-state index contributed by atoms with van der Waals surface area (Å²) >= 11 is 0. The summed E-state index contributed by atoms with van der Waals surface area (Å²) in [6.07, 6.45) is 0. The van der Waals surface area contributed by atoms with Crippen LogP contribution >= 0.6 is 0 Å². The molecule has 0 amide bonds. The molecule has 0 aliphatic carbocycles. The average Bonchev–Trinajstić information content (AvgIpc) is 2.34. The smallest absolute Gasteiger partial charge is 0.0541 e. The Morgan fingerprint density at radius 2 is 0.618 bits per heavy atom. The standard InChI is InChI=1S/C86H63N3/c1-56-50-62(64-38-49-86-83(55-64)81-31-17-18-32-85(81)89(86)66-24-9-6-10-25-66)36-44-71(56)72-46-41-68(51-57(72)2)87(67-39-34-60(35-40-67)63-37-45-80-78-29-14-13-27-76(78)77-28-15-16-30-79(77)82(80)54-63)69-42-47-73(58(3)52-69)74-48-43-70(53-59(74)4)88(65-22-7-5-8-23-65)84-33-19-21-61-20-11-12-26-75(61)84/h5-55H,1-4H3. The van der Waals surface area contributed by atoms with E-state index in [9.17, 15) is 0 Å². The maximum atomic E-state index is 2.43. The molecule has 0 radical (unpaired) electrons. The fourth-order valence-corrected chi connectivity index (χ4v) is 14.2. The second-order valence-corrected chi connectivity index (χ2v) is 23.9. The molecule has 0 spiro atoms. The summed E-state index contributed by atoms with van der Waals surface area (Å²) in [5.41, 5.74) is 24.8. The van der Waals surface area contributed by atoms with Gasteiger partial charge in [-0.25, -0.2) is 0 Å². The van der Waals surface area contributed by atoms with Gasteiger partial charge in [0.25, 0.3) is 0 Å². The van der Waals surface area contributed by atoms with Crippen LogP contribution in [0.1, 0.15) is 22.3 Å². The van der Waals surface area contributed by atoms with Gasteiger partial charge in [0.1, 0.15) is 0 Å². The first-order valence-electron chi connectivity index (χ1n) is 30.9. The monoisotopic (exact) mass is 1140 g/mol. The normalized spacial score (nSPS) is 11.6. The lowest BCUT2D eigenvalue weighted by Gasteiger charge is -2.28. The minimum Gasteiger partial charge on any atom is -0.310 e. The number of hydrogen-bond acceptors (Lipinski definition) is 2. The van der Waals surface area contributed by atoms with Crippen molar-refractivity contribution >= 4 is 99.0 Å². The summed E-state index contributed by atoms with van der Waals surface area (Å²) in [4.78, 5) is 4.82.